The van der Waals surface area contributed by atoms with Crippen LogP contribution in [0.1, 0.15) is 21.5 Å². The Bertz CT molecular complexity index is 1130. The number of carbonyl (C=O) groups excluding carboxylic acids is 1. The van der Waals surface area contributed by atoms with Crippen molar-refractivity contribution in [1.82, 2.24) is 9.29 Å². The number of methoxy groups -OCH3 is 1. The number of ether oxygens (including phenoxy) is 1. The summed E-state index contributed by atoms with van der Waals surface area (Å²) in [6, 6.07) is 17.1. The zero-order valence-corrected chi connectivity index (χ0v) is 17.8. The lowest BCUT2D eigenvalue weighted by atomic mass is 10.2. The average molecular weight is 426 g/mol. The molecule has 3 aromatic rings. The fourth-order valence-electron chi connectivity index (χ4n) is 2.84. The second kappa shape index (κ2) is 9.06. The molecular formula is C22H23N3O4S. The van der Waals surface area contributed by atoms with Gasteiger partial charge in [-0.25, -0.2) is 13.4 Å². The molecule has 1 amide bonds. The molecule has 0 aliphatic carbocycles. The van der Waals surface area contributed by atoms with Gasteiger partial charge in [0.1, 0.15) is 16.5 Å². The molecule has 7 nitrogen and oxygen atoms in total. The summed E-state index contributed by atoms with van der Waals surface area (Å²) in [6.45, 7) is 2.08. The summed E-state index contributed by atoms with van der Waals surface area (Å²) < 4.78 is 32.9. The summed E-state index contributed by atoms with van der Waals surface area (Å²) in [5, 5.41) is 2.67. The van der Waals surface area contributed by atoms with Crippen LogP contribution in [0.2, 0.25) is 0 Å². The maximum absolute atomic E-state index is 13.2. The highest BCUT2D eigenvalue weighted by atomic mass is 32.2. The molecule has 2 aromatic carbocycles. The number of pyridine rings is 1. The molecule has 30 heavy (non-hydrogen) atoms. The van der Waals surface area contributed by atoms with E-state index in [1.54, 1.807) is 12.3 Å². The van der Waals surface area contributed by atoms with Gasteiger partial charge >= 0.3 is 0 Å². The van der Waals surface area contributed by atoms with Gasteiger partial charge in [0, 0.05) is 25.4 Å². The number of aromatic nitrogens is 1. The van der Waals surface area contributed by atoms with E-state index in [-0.39, 0.29) is 22.8 Å². The van der Waals surface area contributed by atoms with Gasteiger partial charge < -0.3 is 10.1 Å². The van der Waals surface area contributed by atoms with Gasteiger partial charge in [-0.3, -0.25) is 4.79 Å². The van der Waals surface area contributed by atoms with Gasteiger partial charge in [-0.2, -0.15) is 4.31 Å². The molecule has 0 spiro atoms. The van der Waals surface area contributed by atoms with Crippen LogP contribution in [0.25, 0.3) is 0 Å². The van der Waals surface area contributed by atoms with Crippen LogP contribution in [0.3, 0.4) is 0 Å². The Morgan fingerprint density at radius 3 is 2.47 bits per heavy atom. The normalized spacial score (nSPS) is 11.3. The first-order chi connectivity index (χ1) is 14.3. The Morgan fingerprint density at radius 1 is 1.10 bits per heavy atom. The second-order valence-electron chi connectivity index (χ2n) is 6.79. The third kappa shape index (κ3) is 4.84. The number of sulfonamides is 1. The van der Waals surface area contributed by atoms with Crippen molar-refractivity contribution < 1.29 is 17.9 Å². The number of anilines is 1. The molecule has 0 atom stereocenters. The van der Waals surface area contributed by atoms with Crippen molar-refractivity contribution >= 4 is 21.7 Å². The molecule has 0 aliphatic rings. The van der Waals surface area contributed by atoms with Crippen LogP contribution in [0, 0.1) is 6.92 Å². The summed E-state index contributed by atoms with van der Waals surface area (Å²) in [6.07, 6.45) is 1.64. The molecule has 1 heterocycles. The first-order valence-corrected chi connectivity index (χ1v) is 10.7. The first-order valence-electron chi connectivity index (χ1n) is 9.23. The van der Waals surface area contributed by atoms with Gasteiger partial charge in [0.2, 0.25) is 10.0 Å². The number of nitrogens with one attached hydrogen (secondary N) is 1. The van der Waals surface area contributed by atoms with E-state index in [1.165, 1.54) is 36.7 Å². The molecule has 0 saturated carbocycles. The van der Waals surface area contributed by atoms with E-state index < -0.39 is 15.9 Å². The number of carbonyl (C=O) groups is 1. The second-order valence-corrected chi connectivity index (χ2v) is 8.80. The zero-order chi connectivity index (χ0) is 21.7. The van der Waals surface area contributed by atoms with E-state index in [0.29, 0.717) is 5.82 Å². The topological polar surface area (TPSA) is 88.6 Å². The number of rotatable bonds is 7. The summed E-state index contributed by atoms with van der Waals surface area (Å²) in [7, 11) is -1.02. The van der Waals surface area contributed by atoms with E-state index in [1.807, 2.05) is 43.3 Å². The minimum atomic E-state index is -3.90. The van der Waals surface area contributed by atoms with Crippen LogP contribution < -0.4 is 10.1 Å². The lowest BCUT2D eigenvalue weighted by molar-refractivity contribution is 0.102. The number of nitrogens with zero attached hydrogens (tertiary/aromatic N) is 2. The van der Waals surface area contributed by atoms with Crippen molar-refractivity contribution in [3.63, 3.8) is 0 Å². The predicted molar refractivity (Wildman–Crippen MR) is 115 cm³/mol. The Hall–Kier alpha value is -3.23. The first kappa shape index (κ1) is 21.5. The van der Waals surface area contributed by atoms with Crippen molar-refractivity contribution in [2.24, 2.45) is 0 Å². The molecule has 0 saturated heterocycles. The smallest absolute Gasteiger partial charge is 0.256 e. The molecule has 8 heteroatoms. The van der Waals surface area contributed by atoms with Gasteiger partial charge in [0.05, 0.1) is 7.11 Å². The van der Waals surface area contributed by atoms with E-state index in [2.05, 4.69) is 10.3 Å². The lowest BCUT2D eigenvalue weighted by Gasteiger charge is -2.19. The van der Waals surface area contributed by atoms with Gasteiger partial charge in [0.15, 0.2) is 0 Å². The van der Waals surface area contributed by atoms with Crippen LogP contribution in [0.15, 0.2) is 71.8 Å². The molecule has 0 bridgehead atoms. The Balaban J connectivity index is 1.89. The van der Waals surface area contributed by atoms with E-state index >= 15 is 0 Å². The summed E-state index contributed by atoms with van der Waals surface area (Å²) in [5.74, 6) is 0.0862. The molecule has 156 valence electrons. The zero-order valence-electron chi connectivity index (χ0n) is 17.0. The lowest BCUT2D eigenvalue weighted by Crippen LogP contribution is -2.27. The highest BCUT2D eigenvalue weighted by Crippen LogP contribution is 2.28. The standard InChI is InChI=1S/C22H23N3O4S/c1-16-9-12-21(23-14-16)24-22(26)18-10-11-19(29-3)20(13-18)30(27,28)25(2)15-17-7-5-4-6-8-17/h4-14H,15H2,1-3H3,(H,23,24,26). The van der Waals surface area contributed by atoms with Crippen LogP contribution in [0.5, 0.6) is 5.75 Å². The molecular weight excluding hydrogens is 402 g/mol. The minimum absolute atomic E-state index is 0.0760. The monoisotopic (exact) mass is 425 g/mol. The van der Waals surface area contributed by atoms with Gasteiger partial charge in [-0.05, 0) is 42.3 Å². The van der Waals surface area contributed by atoms with Crippen LogP contribution in [-0.4, -0.2) is 37.8 Å². The molecule has 1 aromatic heterocycles. The van der Waals surface area contributed by atoms with Crippen LogP contribution in [-0.2, 0) is 16.6 Å². The summed E-state index contributed by atoms with van der Waals surface area (Å²) in [5.41, 5.74) is 2.00. The number of hydrogen-bond donors (Lipinski definition) is 1. The van der Waals surface area contributed by atoms with Crippen LogP contribution in [0.4, 0.5) is 5.82 Å². The van der Waals surface area contributed by atoms with Crippen molar-refractivity contribution in [2.45, 2.75) is 18.4 Å². The van der Waals surface area contributed by atoms with Crippen molar-refractivity contribution in [3.05, 3.63) is 83.6 Å². The molecule has 0 radical (unpaired) electrons. The van der Waals surface area contributed by atoms with Gasteiger partial charge in [-0.1, -0.05) is 36.4 Å². The third-order valence-electron chi connectivity index (χ3n) is 4.52. The maximum atomic E-state index is 13.2. The average Bonchev–Trinajstić information content (AvgIpc) is 2.75. The SMILES string of the molecule is COc1ccc(C(=O)Nc2ccc(C)cn2)cc1S(=O)(=O)N(C)Cc1ccccc1. The van der Waals surface area contributed by atoms with Gasteiger partial charge in [-0.15, -0.1) is 0 Å². The van der Waals surface area contributed by atoms with Crippen molar-refractivity contribution in [2.75, 3.05) is 19.5 Å². The molecule has 0 unspecified atom stereocenters. The Labute approximate surface area is 176 Å². The quantitative estimate of drug-likeness (QED) is 0.626. The van der Waals surface area contributed by atoms with Gasteiger partial charge in [0.25, 0.3) is 5.91 Å². The molecule has 3 rings (SSSR count). The van der Waals surface area contributed by atoms with Crippen molar-refractivity contribution in [3.8, 4) is 5.75 Å². The third-order valence-corrected chi connectivity index (χ3v) is 6.34. The van der Waals surface area contributed by atoms with Crippen molar-refractivity contribution in [1.29, 1.82) is 0 Å². The molecule has 0 aliphatic heterocycles. The molecule has 0 fully saturated rings. The van der Waals surface area contributed by atoms with E-state index in [9.17, 15) is 13.2 Å². The summed E-state index contributed by atoms with van der Waals surface area (Å²) >= 11 is 0. The van der Waals surface area contributed by atoms with E-state index in [0.717, 1.165) is 11.1 Å². The fourth-order valence-corrected chi connectivity index (χ4v) is 4.18. The number of aryl methyl sites for hydroxylation is 1. The largest absolute Gasteiger partial charge is 0.495 e. The minimum Gasteiger partial charge on any atom is -0.495 e. The summed E-state index contributed by atoms with van der Waals surface area (Å²) in [4.78, 5) is 16.7. The predicted octanol–water partition coefficient (Wildman–Crippen LogP) is 3.47. The highest BCUT2D eigenvalue weighted by Gasteiger charge is 2.26. The number of amides is 1. The number of benzene rings is 2. The molecule has 1 N–H and O–H groups in total. The fraction of sp³-hybridized carbons (Fsp3) is 0.182. The Morgan fingerprint density at radius 2 is 1.83 bits per heavy atom. The maximum Gasteiger partial charge on any atom is 0.256 e. The highest BCUT2D eigenvalue weighted by molar-refractivity contribution is 7.89. The van der Waals surface area contributed by atoms with E-state index in [4.69, 9.17) is 4.74 Å². The van der Waals surface area contributed by atoms with Crippen LogP contribution >= 0.6 is 0 Å². The Kier molecular flexibility index (Phi) is 6.49. The number of hydrogen-bond acceptors (Lipinski definition) is 5.